The molecule has 0 radical (unpaired) electrons. The van der Waals surface area contributed by atoms with E-state index in [2.05, 4.69) is 15.4 Å². The quantitative estimate of drug-likeness (QED) is 0.494. The van der Waals surface area contributed by atoms with Crippen molar-refractivity contribution in [3.05, 3.63) is 39.9 Å². The Morgan fingerprint density at radius 2 is 1.92 bits per heavy atom. The standard InChI is InChI=1S/C23H26F6N6O4/c1-12(9-38-10-13(2)32-16-7-31-33-20(36)18(16)23(27,28)29)21(37)34-3-4-35-15(8-34)11-39-17-5-14(22(24,25)26)6-30-19(17)35/h5-7,12-13,15H,3-4,8-11H2,1-2H3,(H2,32,33,36)/t12?,13-,15-/m0/s1. The summed E-state index contributed by atoms with van der Waals surface area (Å²) < 4.78 is 89.6. The van der Waals surface area contributed by atoms with E-state index in [4.69, 9.17) is 9.47 Å². The number of nitrogens with zero attached hydrogens (tertiary/aromatic N) is 4. The molecule has 1 fully saturated rings. The number of hydrogen-bond donors (Lipinski definition) is 2. The van der Waals surface area contributed by atoms with Gasteiger partial charge in [-0.3, -0.25) is 9.59 Å². The summed E-state index contributed by atoms with van der Waals surface area (Å²) >= 11 is 0. The number of hydrogen-bond acceptors (Lipinski definition) is 8. The first kappa shape index (κ1) is 28.4. The second-order valence-electron chi connectivity index (χ2n) is 9.46. The largest absolute Gasteiger partial charge is 0.487 e. The van der Waals surface area contributed by atoms with Gasteiger partial charge < -0.3 is 24.6 Å². The molecular weight excluding hydrogens is 538 g/mol. The van der Waals surface area contributed by atoms with Crippen molar-refractivity contribution in [1.82, 2.24) is 20.1 Å². The fraction of sp³-hybridized carbons (Fsp3) is 0.565. The van der Waals surface area contributed by atoms with Crippen LogP contribution in [0.3, 0.4) is 0 Å². The predicted molar refractivity (Wildman–Crippen MR) is 125 cm³/mol. The van der Waals surface area contributed by atoms with Gasteiger partial charge in [0.15, 0.2) is 11.6 Å². The summed E-state index contributed by atoms with van der Waals surface area (Å²) in [6.07, 6.45) is -7.79. The molecule has 4 heterocycles. The first-order chi connectivity index (χ1) is 18.3. The number of carbonyl (C=O) groups is 1. The second-order valence-corrected chi connectivity index (χ2v) is 9.46. The van der Waals surface area contributed by atoms with Crippen LogP contribution in [0.5, 0.6) is 5.75 Å². The molecule has 1 amide bonds. The van der Waals surface area contributed by atoms with Crippen molar-refractivity contribution in [1.29, 1.82) is 0 Å². The lowest BCUT2D eigenvalue weighted by molar-refractivity contribution is -0.139. The molecule has 10 nitrogen and oxygen atoms in total. The molecule has 1 unspecified atom stereocenters. The monoisotopic (exact) mass is 564 g/mol. The van der Waals surface area contributed by atoms with Gasteiger partial charge in [0, 0.05) is 31.9 Å². The average molecular weight is 564 g/mol. The molecule has 2 aromatic heterocycles. The van der Waals surface area contributed by atoms with Gasteiger partial charge in [0.2, 0.25) is 5.91 Å². The topological polar surface area (TPSA) is 113 Å². The van der Waals surface area contributed by atoms with Crippen LogP contribution in [-0.2, 0) is 21.9 Å². The number of alkyl halides is 6. The molecule has 0 aromatic carbocycles. The number of fused-ring (bicyclic) bond motifs is 3. The molecule has 2 aliphatic rings. The van der Waals surface area contributed by atoms with Crippen LogP contribution >= 0.6 is 0 Å². The number of anilines is 2. The predicted octanol–water partition coefficient (Wildman–Crippen LogP) is 2.77. The minimum atomic E-state index is -4.88. The van der Waals surface area contributed by atoms with Gasteiger partial charge in [0.1, 0.15) is 12.2 Å². The van der Waals surface area contributed by atoms with E-state index in [1.54, 1.807) is 23.8 Å². The van der Waals surface area contributed by atoms with Crippen LogP contribution < -0.4 is 20.5 Å². The highest BCUT2D eigenvalue weighted by Crippen LogP contribution is 2.38. The number of rotatable bonds is 7. The fourth-order valence-electron chi connectivity index (χ4n) is 4.48. The molecular formula is C23H26F6N6O4. The van der Waals surface area contributed by atoms with Gasteiger partial charge in [-0.05, 0) is 13.0 Å². The van der Waals surface area contributed by atoms with Crippen molar-refractivity contribution in [2.24, 2.45) is 5.92 Å². The van der Waals surface area contributed by atoms with Crippen molar-refractivity contribution in [3.63, 3.8) is 0 Å². The third-order valence-electron chi connectivity index (χ3n) is 6.36. The number of halogens is 6. The Morgan fingerprint density at radius 3 is 2.62 bits per heavy atom. The molecule has 39 heavy (non-hydrogen) atoms. The van der Waals surface area contributed by atoms with Gasteiger partial charge in [0.25, 0.3) is 5.56 Å². The van der Waals surface area contributed by atoms with Gasteiger partial charge in [0.05, 0.1) is 42.6 Å². The van der Waals surface area contributed by atoms with Crippen LogP contribution in [-0.4, -0.2) is 77.5 Å². The van der Waals surface area contributed by atoms with E-state index in [0.29, 0.717) is 18.9 Å². The highest BCUT2D eigenvalue weighted by Gasteiger charge is 2.39. The number of pyridine rings is 1. The normalized spacial score (nSPS) is 19.0. The molecule has 0 saturated carbocycles. The molecule has 2 aromatic rings. The van der Waals surface area contributed by atoms with Crippen molar-refractivity contribution in [3.8, 4) is 5.75 Å². The Balaban J connectivity index is 1.28. The van der Waals surface area contributed by atoms with E-state index >= 15 is 0 Å². The lowest BCUT2D eigenvalue weighted by Gasteiger charge is -2.45. The van der Waals surface area contributed by atoms with Crippen LogP contribution in [0.4, 0.5) is 37.8 Å². The third kappa shape index (κ3) is 6.37. The molecule has 1 saturated heterocycles. The lowest BCUT2D eigenvalue weighted by Crippen LogP contribution is -2.59. The van der Waals surface area contributed by atoms with Crippen molar-refractivity contribution >= 4 is 17.4 Å². The maximum absolute atomic E-state index is 13.2. The summed E-state index contributed by atoms with van der Waals surface area (Å²) in [7, 11) is 0. The van der Waals surface area contributed by atoms with Crippen LogP contribution in [0.1, 0.15) is 25.0 Å². The summed E-state index contributed by atoms with van der Waals surface area (Å²) in [5.74, 6) is -0.434. The number of nitrogens with one attached hydrogen (secondary N) is 2. The van der Waals surface area contributed by atoms with Gasteiger partial charge in [-0.2, -0.15) is 31.4 Å². The summed E-state index contributed by atoms with van der Waals surface area (Å²) in [5, 5.41) is 7.72. The molecule has 214 valence electrons. The Labute approximate surface area is 218 Å². The van der Waals surface area contributed by atoms with Gasteiger partial charge >= 0.3 is 12.4 Å². The Hall–Kier alpha value is -3.56. The summed E-state index contributed by atoms with van der Waals surface area (Å²) in [6, 6.07) is -0.00523. The maximum atomic E-state index is 13.2. The smallest absolute Gasteiger partial charge is 0.423 e. The molecule has 0 aliphatic carbocycles. The van der Waals surface area contributed by atoms with Gasteiger partial charge in [-0.1, -0.05) is 6.92 Å². The van der Waals surface area contributed by atoms with E-state index in [1.807, 2.05) is 4.90 Å². The zero-order chi connectivity index (χ0) is 28.5. The highest BCUT2D eigenvalue weighted by atomic mass is 19.4. The Morgan fingerprint density at radius 1 is 1.18 bits per heavy atom. The minimum Gasteiger partial charge on any atom is -0.487 e. The minimum absolute atomic E-state index is 0.00338. The van der Waals surface area contributed by atoms with E-state index in [-0.39, 0.29) is 44.1 Å². The highest BCUT2D eigenvalue weighted by molar-refractivity contribution is 5.79. The molecule has 4 rings (SSSR count). The van der Waals surface area contributed by atoms with Crippen molar-refractivity contribution in [2.75, 3.05) is 49.7 Å². The first-order valence-electron chi connectivity index (χ1n) is 12.0. The maximum Gasteiger partial charge on any atom is 0.423 e. The summed E-state index contributed by atoms with van der Waals surface area (Å²) in [5.41, 5.74) is -4.14. The molecule has 16 heteroatoms. The number of amides is 1. The second kappa shape index (κ2) is 10.9. The number of aromatic nitrogens is 3. The SMILES string of the molecule is CC(COC[C@H](C)Nc1cn[nH]c(=O)c1C(F)(F)F)C(=O)N1CCN2c3ncc(C(F)(F)F)cc3OC[C@@H]2C1. The van der Waals surface area contributed by atoms with E-state index in [0.717, 1.165) is 18.5 Å². The zero-order valence-corrected chi connectivity index (χ0v) is 20.9. The summed E-state index contributed by atoms with van der Waals surface area (Å²) in [4.78, 5) is 32.0. The first-order valence-corrected chi connectivity index (χ1v) is 12.0. The summed E-state index contributed by atoms with van der Waals surface area (Å²) in [6.45, 7) is 4.19. The Bertz CT molecular complexity index is 1250. The van der Waals surface area contributed by atoms with E-state index in [9.17, 15) is 35.9 Å². The van der Waals surface area contributed by atoms with Crippen LogP contribution in [0.15, 0.2) is 23.3 Å². The van der Waals surface area contributed by atoms with Crippen molar-refractivity contribution in [2.45, 2.75) is 38.3 Å². The van der Waals surface area contributed by atoms with E-state index < -0.39 is 46.7 Å². The number of H-pyrrole nitrogens is 1. The third-order valence-corrected chi connectivity index (χ3v) is 6.36. The Kier molecular flexibility index (Phi) is 7.95. The molecule has 2 aliphatic heterocycles. The molecule has 2 N–H and O–H groups in total. The molecule has 3 atom stereocenters. The molecule has 0 bridgehead atoms. The van der Waals surface area contributed by atoms with Crippen LogP contribution in [0, 0.1) is 5.92 Å². The number of ether oxygens (including phenoxy) is 2. The number of aromatic amines is 1. The number of piperazine rings is 1. The average Bonchev–Trinajstić information content (AvgIpc) is 2.86. The van der Waals surface area contributed by atoms with Crippen LogP contribution in [0.25, 0.3) is 0 Å². The lowest BCUT2D eigenvalue weighted by atomic mass is 10.1. The zero-order valence-electron chi connectivity index (χ0n) is 20.9. The van der Waals surface area contributed by atoms with Gasteiger partial charge in [-0.25, -0.2) is 10.1 Å². The van der Waals surface area contributed by atoms with Gasteiger partial charge in [-0.15, -0.1) is 0 Å². The molecule has 0 spiro atoms. The van der Waals surface area contributed by atoms with Crippen molar-refractivity contribution < 1.29 is 40.6 Å². The number of carbonyl (C=O) groups excluding carboxylic acids is 1. The van der Waals surface area contributed by atoms with Crippen LogP contribution in [0.2, 0.25) is 0 Å². The van der Waals surface area contributed by atoms with E-state index in [1.165, 1.54) is 0 Å². The fourth-order valence-corrected chi connectivity index (χ4v) is 4.48.